The molecule has 0 spiro atoms. The van der Waals surface area contributed by atoms with Gasteiger partial charge in [-0.25, -0.2) is 0 Å². The lowest BCUT2D eigenvalue weighted by Crippen LogP contribution is -2.56. The second-order valence-electron chi connectivity index (χ2n) is 10.2. The van der Waals surface area contributed by atoms with E-state index in [-0.39, 0.29) is 5.41 Å². The molecule has 3 heteroatoms. The summed E-state index contributed by atoms with van der Waals surface area (Å²) < 4.78 is 0. The SMILES string of the molecule is CC.C[C@]12Cc3cn[nH]c3C[C@@H]1CC[C@@H]1[C@@H]2CC[C@@]2(C)[C@H]1CC[C@]2(C)O. The minimum absolute atomic E-state index is 0.146. The van der Waals surface area contributed by atoms with Gasteiger partial charge in [-0.15, -0.1) is 0 Å². The molecule has 0 radical (unpaired) electrons. The van der Waals surface area contributed by atoms with E-state index in [1.165, 1.54) is 56.2 Å². The Hall–Kier alpha value is -0.830. The van der Waals surface area contributed by atoms with Gasteiger partial charge in [-0.05, 0) is 98.4 Å². The molecular weight excluding hydrogens is 320 g/mol. The molecule has 0 amide bonds. The molecule has 26 heavy (non-hydrogen) atoms. The van der Waals surface area contributed by atoms with Crippen molar-refractivity contribution in [3.63, 3.8) is 0 Å². The predicted molar refractivity (Wildman–Crippen MR) is 106 cm³/mol. The predicted octanol–water partition coefficient (Wildman–Crippen LogP) is 5.14. The highest BCUT2D eigenvalue weighted by atomic mass is 16.3. The van der Waals surface area contributed by atoms with Crippen LogP contribution in [0.1, 0.15) is 84.4 Å². The molecule has 0 aliphatic heterocycles. The van der Waals surface area contributed by atoms with Crippen LogP contribution < -0.4 is 0 Å². The van der Waals surface area contributed by atoms with Crippen molar-refractivity contribution in [1.29, 1.82) is 0 Å². The van der Waals surface area contributed by atoms with E-state index in [2.05, 4.69) is 37.2 Å². The number of nitrogens with zero attached hydrogens (tertiary/aromatic N) is 1. The number of hydrogen-bond acceptors (Lipinski definition) is 2. The number of aliphatic hydroxyl groups is 1. The van der Waals surface area contributed by atoms with Crippen LogP contribution in [0.3, 0.4) is 0 Å². The number of fused-ring (bicyclic) bond motifs is 6. The third kappa shape index (κ3) is 2.31. The van der Waals surface area contributed by atoms with Crippen LogP contribution in [0, 0.1) is 34.5 Å². The molecule has 0 saturated heterocycles. The van der Waals surface area contributed by atoms with Crippen molar-refractivity contribution in [3.8, 4) is 0 Å². The number of H-pyrrole nitrogens is 1. The van der Waals surface area contributed by atoms with Crippen LogP contribution >= 0.6 is 0 Å². The molecule has 146 valence electrons. The lowest BCUT2D eigenvalue weighted by Gasteiger charge is -2.60. The van der Waals surface area contributed by atoms with Crippen LogP contribution in [-0.4, -0.2) is 20.9 Å². The maximum atomic E-state index is 11.0. The summed E-state index contributed by atoms with van der Waals surface area (Å²) in [5.74, 6) is 3.21. The maximum absolute atomic E-state index is 11.0. The van der Waals surface area contributed by atoms with E-state index in [1.54, 1.807) is 0 Å². The van der Waals surface area contributed by atoms with Gasteiger partial charge in [0.15, 0.2) is 0 Å². The molecule has 0 bridgehead atoms. The van der Waals surface area contributed by atoms with Gasteiger partial charge in [0.2, 0.25) is 0 Å². The molecule has 4 aliphatic carbocycles. The lowest BCUT2D eigenvalue weighted by atomic mass is 9.44. The first-order valence-electron chi connectivity index (χ1n) is 11.1. The molecule has 3 saturated carbocycles. The van der Waals surface area contributed by atoms with Crippen molar-refractivity contribution in [1.82, 2.24) is 10.2 Å². The van der Waals surface area contributed by atoms with Crippen molar-refractivity contribution in [2.45, 2.75) is 91.6 Å². The maximum Gasteiger partial charge on any atom is 0.0675 e. The fraction of sp³-hybridized carbons (Fsp3) is 0.870. The monoisotopic (exact) mass is 358 g/mol. The number of aromatic amines is 1. The van der Waals surface area contributed by atoms with Gasteiger partial charge >= 0.3 is 0 Å². The van der Waals surface area contributed by atoms with Crippen molar-refractivity contribution in [2.24, 2.45) is 34.5 Å². The molecule has 3 fully saturated rings. The Morgan fingerprint density at radius 1 is 1.04 bits per heavy atom. The highest BCUT2D eigenvalue weighted by Gasteiger charge is 2.63. The minimum atomic E-state index is -0.454. The second-order valence-corrected chi connectivity index (χ2v) is 10.2. The highest BCUT2D eigenvalue weighted by molar-refractivity contribution is 5.26. The fourth-order valence-corrected chi connectivity index (χ4v) is 7.71. The first-order valence-corrected chi connectivity index (χ1v) is 11.1. The summed E-state index contributed by atoms with van der Waals surface area (Å²) in [6.07, 6.45) is 12.0. The zero-order valence-electron chi connectivity index (χ0n) is 17.4. The molecule has 0 unspecified atom stereocenters. The molecule has 1 heterocycles. The average Bonchev–Trinajstić information content (AvgIpc) is 3.15. The van der Waals surface area contributed by atoms with Crippen LogP contribution in [-0.2, 0) is 12.8 Å². The molecule has 1 aromatic rings. The number of rotatable bonds is 0. The molecule has 7 atom stereocenters. The smallest absolute Gasteiger partial charge is 0.0675 e. The van der Waals surface area contributed by atoms with Crippen molar-refractivity contribution in [2.75, 3.05) is 0 Å². The minimum Gasteiger partial charge on any atom is -0.390 e. The van der Waals surface area contributed by atoms with Crippen LogP contribution in [0.4, 0.5) is 0 Å². The molecule has 3 nitrogen and oxygen atoms in total. The standard InChI is InChI=1S/C21H32N2O.C2H6/c1-19-11-13-12-22-23-18(13)10-14(19)4-5-15-16(19)6-8-20(2)17(15)7-9-21(20,3)24;1-2/h12,14-17,24H,4-11H2,1-3H3,(H,22,23);1-2H3/t14-,15+,16-,17-,19-,20-,21-;/m0./s1. The molecule has 5 rings (SSSR count). The van der Waals surface area contributed by atoms with Gasteiger partial charge in [0.1, 0.15) is 0 Å². The summed E-state index contributed by atoms with van der Waals surface area (Å²) in [6, 6.07) is 0. The van der Waals surface area contributed by atoms with Crippen LogP contribution in [0.2, 0.25) is 0 Å². The van der Waals surface area contributed by atoms with E-state index in [0.29, 0.717) is 5.41 Å². The Bertz CT molecular complexity index is 665. The van der Waals surface area contributed by atoms with Gasteiger partial charge in [-0.3, -0.25) is 5.10 Å². The second kappa shape index (κ2) is 6.09. The van der Waals surface area contributed by atoms with Gasteiger partial charge in [-0.2, -0.15) is 5.10 Å². The van der Waals surface area contributed by atoms with E-state index in [4.69, 9.17) is 0 Å². The van der Waals surface area contributed by atoms with E-state index in [1.807, 2.05) is 13.8 Å². The number of nitrogens with one attached hydrogen (secondary N) is 1. The summed E-state index contributed by atoms with van der Waals surface area (Å²) in [7, 11) is 0. The average molecular weight is 359 g/mol. The van der Waals surface area contributed by atoms with Gasteiger partial charge in [0, 0.05) is 5.69 Å². The third-order valence-electron chi connectivity index (χ3n) is 9.46. The van der Waals surface area contributed by atoms with Crippen LogP contribution in [0.5, 0.6) is 0 Å². The highest BCUT2D eigenvalue weighted by Crippen LogP contribution is 2.67. The summed E-state index contributed by atoms with van der Waals surface area (Å²) in [4.78, 5) is 0. The third-order valence-corrected chi connectivity index (χ3v) is 9.46. The van der Waals surface area contributed by atoms with Crippen LogP contribution in [0.25, 0.3) is 0 Å². The lowest BCUT2D eigenvalue weighted by molar-refractivity contribution is -0.139. The van der Waals surface area contributed by atoms with Crippen molar-refractivity contribution >= 4 is 0 Å². The molecule has 1 aromatic heterocycles. The Labute approximate surface area is 159 Å². The van der Waals surface area contributed by atoms with Gasteiger partial charge in [-0.1, -0.05) is 27.7 Å². The summed E-state index contributed by atoms with van der Waals surface area (Å²) in [5, 5.41) is 18.6. The largest absolute Gasteiger partial charge is 0.390 e. The van der Waals surface area contributed by atoms with E-state index >= 15 is 0 Å². The zero-order valence-corrected chi connectivity index (χ0v) is 17.4. The van der Waals surface area contributed by atoms with E-state index < -0.39 is 5.60 Å². The summed E-state index contributed by atoms with van der Waals surface area (Å²) in [6.45, 7) is 11.1. The Kier molecular flexibility index (Phi) is 4.34. The van der Waals surface area contributed by atoms with Crippen molar-refractivity contribution in [3.05, 3.63) is 17.5 Å². The fourth-order valence-electron chi connectivity index (χ4n) is 7.71. The van der Waals surface area contributed by atoms with Gasteiger partial charge < -0.3 is 5.11 Å². The first kappa shape index (κ1) is 18.5. The van der Waals surface area contributed by atoms with E-state index in [9.17, 15) is 5.11 Å². The van der Waals surface area contributed by atoms with Gasteiger partial charge in [0.05, 0.1) is 11.8 Å². The molecule has 0 aromatic carbocycles. The number of hydrogen-bond donors (Lipinski definition) is 2. The Morgan fingerprint density at radius 2 is 1.77 bits per heavy atom. The van der Waals surface area contributed by atoms with Crippen molar-refractivity contribution < 1.29 is 5.11 Å². The van der Waals surface area contributed by atoms with Crippen LogP contribution in [0.15, 0.2) is 6.20 Å². The number of aromatic nitrogens is 2. The topological polar surface area (TPSA) is 48.9 Å². The summed E-state index contributed by atoms with van der Waals surface area (Å²) in [5.41, 5.74) is 3.01. The summed E-state index contributed by atoms with van der Waals surface area (Å²) >= 11 is 0. The quantitative estimate of drug-likeness (QED) is 0.674. The van der Waals surface area contributed by atoms with Gasteiger partial charge in [0.25, 0.3) is 0 Å². The molecule has 4 aliphatic rings. The zero-order chi connectivity index (χ0) is 18.7. The normalized spacial score (nSPS) is 49.2. The molecular formula is C23H38N2O. The Morgan fingerprint density at radius 3 is 2.54 bits per heavy atom. The Balaban J connectivity index is 0.000000814. The molecule has 2 N–H and O–H groups in total. The van der Waals surface area contributed by atoms with E-state index in [0.717, 1.165) is 30.1 Å². The first-order chi connectivity index (χ1) is 12.4.